The first-order valence-electron chi connectivity index (χ1n) is 9.35. The summed E-state index contributed by atoms with van der Waals surface area (Å²) in [6, 6.07) is 7.21. The van der Waals surface area contributed by atoms with Crippen LogP contribution in [0.4, 0.5) is 5.69 Å². The zero-order valence-electron chi connectivity index (χ0n) is 15.8. The molecule has 0 aliphatic carbocycles. The smallest absolute Gasteiger partial charge is 0.243 e. The molecule has 4 rings (SSSR count). The summed E-state index contributed by atoms with van der Waals surface area (Å²) < 4.78 is 28.5. The van der Waals surface area contributed by atoms with E-state index in [1.807, 2.05) is 13.8 Å². The monoisotopic (exact) mass is 404 g/mol. The molecular formula is C20H24N2O3S2. The first-order valence-corrected chi connectivity index (χ1v) is 11.7. The van der Waals surface area contributed by atoms with Crippen LogP contribution in [0.2, 0.25) is 0 Å². The Hall–Kier alpha value is -1.70. The molecule has 2 atom stereocenters. The second-order valence-electron chi connectivity index (χ2n) is 7.32. The molecule has 1 aromatic heterocycles. The lowest BCUT2D eigenvalue weighted by Crippen LogP contribution is -2.39. The Morgan fingerprint density at radius 1 is 1.30 bits per heavy atom. The second-order valence-corrected chi connectivity index (χ2v) is 10.2. The Kier molecular flexibility index (Phi) is 4.64. The zero-order chi connectivity index (χ0) is 19.3. The maximum Gasteiger partial charge on any atom is 0.243 e. The van der Waals surface area contributed by atoms with Crippen LogP contribution in [0.3, 0.4) is 0 Å². The van der Waals surface area contributed by atoms with Crippen LogP contribution in [-0.4, -0.2) is 31.2 Å². The van der Waals surface area contributed by atoms with E-state index in [2.05, 4.69) is 11.4 Å². The average Bonchev–Trinajstić information content (AvgIpc) is 3.22. The van der Waals surface area contributed by atoms with Crippen molar-refractivity contribution in [3.05, 3.63) is 45.6 Å². The van der Waals surface area contributed by atoms with Gasteiger partial charge in [-0.3, -0.25) is 4.79 Å². The van der Waals surface area contributed by atoms with E-state index in [4.69, 9.17) is 0 Å². The van der Waals surface area contributed by atoms with Crippen LogP contribution < -0.4 is 4.90 Å². The quantitative estimate of drug-likeness (QED) is 0.783. The first-order chi connectivity index (χ1) is 12.8. The number of rotatable bonds is 3. The fourth-order valence-electron chi connectivity index (χ4n) is 4.47. The summed E-state index contributed by atoms with van der Waals surface area (Å²) in [5.74, 6) is -0.0103. The third-order valence-electron chi connectivity index (χ3n) is 5.64. The van der Waals surface area contributed by atoms with Gasteiger partial charge in [-0.1, -0.05) is 6.92 Å². The predicted molar refractivity (Wildman–Crippen MR) is 108 cm³/mol. The number of carbonyl (C=O) groups is 1. The summed E-state index contributed by atoms with van der Waals surface area (Å²) in [6.45, 7) is 6.09. The number of amides is 1. The maximum atomic E-state index is 13.4. The molecule has 2 unspecified atom stereocenters. The normalized spacial score (nSPS) is 22.6. The number of fused-ring (bicyclic) bond motifs is 2. The maximum absolute atomic E-state index is 13.4. The van der Waals surface area contributed by atoms with Gasteiger partial charge in [0.25, 0.3) is 0 Å². The minimum absolute atomic E-state index is 0.0103. The van der Waals surface area contributed by atoms with E-state index in [9.17, 15) is 13.2 Å². The van der Waals surface area contributed by atoms with Gasteiger partial charge in [0.05, 0.1) is 10.9 Å². The number of anilines is 1. The molecule has 1 amide bonds. The van der Waals surface area contributed by atoms with Crippen molar-refractivity contribution in [1.82, 2.24) is 4.31 Å². The van der Waals surface area contributed by atoms with Gasteiger partial charge in [0.1, 0.15) is 0 Å². The number of nitrogens with zero attached hydrogens (tertiary/aromatic N) is 2. The van der Waals surface area contributed by atoms with Crippen LogP contribution in [0.1, 0.15) is 49.2 Å². The number of sulfonamides is 1. The SMILES string of the molecule is CCC1c2ccsc2CCN1S(=O)(=O)c1ccc2c(c1)CC(C)N2C(C)=O. The Morgan fingerprint density at radius 2 is 2.07 bits per heavy atom. The molecule has 2 aliphatic heterocycles. The molecule has 0 spiro atoms. The van der Waals surface area contributed by atoms with Crippen molar-refractivity contribution in [2.45, 2.75) is 57.0 Å². The van der Waals surface area contributed by atoms with E-state index in [1.165, 1.54) is 4.88 Å². The van der Waals surface area contributed by atoms with Crippen LogP contribution in [0.15, 0.2) is 34.5 Å². The molecule has 5 nitrogen and oxygen atoms in total. The molecule has 0 fully saturated rings. The van der Waals surface area contributed by atoms with Crippen molar-refractivity contribution in [2.24, 2.45) is 0 Å². The highest BCUT2D eigenvalue weighted by Crippen LogP contribution is 2.40. The molecule has 0 radical (unpaired) electrons. The van der Waals surface area contributed by atoms with E-state index >= 15 is 0 Å². The number of benzene rings is 1. The Labute approximate surface area is 164 Å². The van der Waals surface area contributed by atoms with Crippen molar-refractivity contribution in [1.29, 1.82) is 0 Å². The van der Waals surface area contributed by atoms with Gasteiger partial charge < -0.3 is 4.90 Å². The highest BCUT2D eigenvalue weighted by molar-refractivity contribution is 7.89. The van der Waals surface area contributed by atoms with E-state index in [0.717, 1.165) is 29.7 Å². The molecule has 2 aromatic rings. The fourth-order valence-corrected chi connectivity index (χ4v) is 7.13. The third-order valence-corrected chi connectivity index (χ3v) is 8.55. The molecule has 144 valence electrons. The number of hydrogen-bond donors (Lipinski definition) is 0. The van der Waals surface area contributed by atoms with Crippen LogP contribution in [-0.2, 0) is 27.7 Å². The van der Waals surface area contributed by atoms with Crippen LogP contribution in [0, 0.1) is 0 Å². The lowest BCUT2D eigenvalue weighted by atomic mass is 10.0. The molecular weight excluding hydrogens is 380 g/mol. The van der Waals surface area contributed by atoms with Gasteiger partial charge in [-0.15, -0.1) is 11.3 Å². The molecule has 1 aromatic carbocycles. The summed E-state index contributed by atoms with van der Waals surface area (Å²) in [4.78, 5) is 15.3. The minimum atomic E-state index is -3.59. The third kappa shape index (κ3) is 2.92. The van der Waals surface area contributed by atoms with Crippen molar-refractivity contribution in [3.63, 3.8) is 0 Å². The largest absolute Gasteiger partial charge is 0.309 e. The van der Waals surface area contributed by atoms with Crippen LogP contribution in [0.25, 0.3) is 0 Å². The topological polar surface area (TPSA) is 57.7 Å². The van der Waals surface area contributed by atoms with E-state index in [-0.39, 0.29) is 18.0 Å². The van der Waals surface area contributed by atoms with Crippen LogP contribution in [0.5, 0.6) is 0 Å². The lowest BCUT2D eigenvalue weighted by Gasteiger charge is -2.34. The Balaban J connectivity index is 1.72. The molecule has 0 saturated carbocycles. The summed E-state index contributed by atoms with van der Waals surface area (Å²) in [5, 5.41) is 2.05. The number of thiophene rings is 1. The van der Waals surface area contributed by atoms with Gasteiger partial charge in [-0.2, -0.15) is 4.31 Å². The summed E-state index contributed by atoms with van der Waals surface area (Å²) in [5.41, 5.74) is 2.91. The highest BCUT2D eigenvalue weighted by Gasteiger charge is 2.37. The molecule has 0 N–H and O–H groups in total. The summed E-state index contributed by atoms with van der Waals surface area (Å²) >= 11 is 1.71. The van der Waals surface area contributed by atoms with Crippen molar-refractivity contribution in [2.75, 3.05) is 11.4 Å². The molecule has 3 heterocycles. The lowest BCUT2D eigenvalue weighted by molar-refractivity contribution is -0.116. The van der Waals surface area contributed by atoms with Crippen molar-refractivity contribution in [3.8, 4) is 0 Å². The summed E-state index contributed by atoms with van der Waals surface area (Å²) in [7, 11) is -3.59. The van der Waals surface area contributed by atoms with Crippen molar-refractivity contribution < 1.29 is 13.2 Å². The van der Waals surface area contributed by atoms with Gasteiger partial charge in [0.2, 0.25) is 15.9 Å². The van der Waals surface area contributed by atoms with E-state index in [0.29, 0.717) is 17.9 Å². The Morgan fingerprint density at radius 3 is 2.78 bits per heavy atom. The number of hydrogen-bond acceptors (Lipinski definition) is 4. The molecule has 0 saturated heterocycles. The fraction of sp³-hybridized carbons (Fsp3) is 0.450. The second kappa shape index (κ2) is 6.72. The molecule has 27 heavy (non-hydrogen) atoms. The predicted octanol–water partition coefficient (Wildman–Crippen LogP) is 3.74. The molecule has 0 bridgehead atoms. The standard InChI is InChI=1S/C20H24N2O3S2/c1-4-18-17-8-10-26-20(17)7-9-21(18)27(24,25)16-5-6-19-15(12-16)11-13(2)22(19)14(3)23/h5-6,8,10,12-13,18H,4,7,9,11H2,1-3H3. The van der Waals surface area contributed by atoms with Gasteiger partial charge in [-0.25, -0.2) is 8.42 Å². The minimum Gasteiger partial charge on any atom is -0.309 e. The van der Waals surface area contributed by atoms with Crippen LogP contribution >= 0.6 is 11.3 Å². The summed E-state index contributed by atoms with van der Waals surface area (Å²) in [6.07, 6.45) is 2.20. The van der Waals surface area contributed by atoms with E-state index in [1.54, 1.807) is 45.7 Å². The molecule has 2 aliphatic rings. The van der Waals surface area contributed by atoms with Crippen molar-refractivity contribution >= 4 is 33.0 Å². The highest BCUT2D eigenvalue weighted by atomic mass is 32.2. The van der Waals surface area contributed by atoms with E-state index < -0.39 is 10.0 Å². The number of carbonyl (C=O) groups excluding carboxylic acids is 1. The zero-order valence-corrected chi connectivity index (χ0v) is 17.4. The van der Waals surface area contributed by atoms with Gasteiger partial charge >= 0.3 is 0 Å². The Bertz CT molecular complexity index is 996. The van der Waals surface area contributed by atoms with Gasteiger partial charge in [0.15, 0.2) is 0 Å². The molecule has 7 heteroatoms. The first kappa shape index (κ1) is 18.7. The van der Waals surface area contributed by atoms with Gasteiger partial charge in [-0.05, 0) is 67.0 Å². The average molecular weight is 405 g/mol. The van der Waals surface area contributed by atoms with Gasteiger partial charge in [0, 0.05) is 30.1 Å².